The van der Waals surface area contributed by atoms with Crippen LogP contribution in [0.3, 0.4) is 0 Å². The van der Waals surface area contributed by atoms with Gasteiger partial charge in [0.2, 0.25) is 0 Å². The molecule has 0 spiro atoms. The van der Waals surface area contributed by atoms with Crippen molar-refractivity contribution in [3.8, 4) is 0 Å². The minimum absolute atomic E-state index is 0.0380. The molecule has 0 amide bonds. The third-order valence-corrected chi connectivity index (χ3v) is 8.06. The highest BCUT2D eigenvalue weighted by molar-refractivity contribution is 5.66. The SMILES string of the molecule is CC(=O)O[C@H]1C[C@H]2C(C)(C)CCC[C@@]2(C)[C@@H]2Cc3occc3[C@H](C)[C@@H]12. The molecule has 138 valence electrons. The minimum atomic E-state index is -0.133. The fourth-order valence-corrected chi connectivity index (χ4v) is 6.99. The standard InChI is InChI=1S/C22H32O3/c1-13-15-7-10-24-17(15)11-16-20(13)18(25-14(2)23)12-19-21(3,4)8-6-9-22(16,19)5/h7,10,13,16,18-20H,6,8-9,11-12H2,1-5H3/t13-,16+,18-,19-,20+,22-/m0/s1. The number of furan rings is 1. The quantitative estimate of drug-likeness (QED) is 0.646. The molecular weight excluding hydrogens is 312 g/mol. The average Bonchev–Trinajstić information content (AvgIpc) is 2.97. The highest BCUT2D eigenvalue weighted by atomic mass is 16.5. The first-order valence-corrected chi connectivity index (χ1v) is 9.97. The monoisotopic (exact) mass is 344 g/mol. The predicted octanol–water partition coefficient (Wildman–Crippen LogP) is 5.34. The lowest BCUT2D eigenvalue weighted by molar-refractivity contribution is -0.181. The van der Waals surface area contributed by atoms with Crippen LogP contribution in [0.15, 0.2) is 16.7 Å². The second-order valence-electron chi connectivity index (χ2n) is 9.76. The molecule has 2 saturated carbocycles. The van der Waals surface area contributed by atoms with Gasteiger partial charge in [-0.2, -0.15) is 0 Å². The zero-order valence-corrected chi connectivity index (χ0v) is 16.3. The van der Waals surface area contributed by atoms with Crippen LogP contribution in [0, 0.1) is 28.6 Å². The van der Waals surface area contributed by atoms with E-state index < -0.39 is 0 Å². The Morgan fingerprint density at radius 1 is 1.28 bits per heavy atom. The molecule has 25 heavy (non-hydrogen) atoms. The molecule has 4 rings (SSSR count). The Balaban J connectivity index is 1.80. The van der Waals surface area contributed by atoms with Crippen LogP contribution in [-0.4, -0.2) is 12.1 Å². The summed E-state index contributed by atoms with van der Waals surface area (Å²) in [5.74, 6) is 2.96. The zero-order valence-electron chi connectivity index (χ0n) is 16.3. The molecule has 3 aliphatic rings. The van der Waals surface area contributed by atoms with Crippen molar-refractivity contribution >= 4 is 5.97 Å². The van der Waals surface area contributed by atoms with E-state index in [-0.39, 0.29) is 12.1 Å². The number of rotatable bonds is 1. The van der Waals surface area contributed by atoms with Gasteiger partial charge in [-0.3, -0.25) is 4.79 Å². The second-order valence-corrected chi connectivity index (χ2v) is 9.76. The van der Waals surface area contributed by atoms with Crippen molar-refractivity contribution in [2.75, 3.05) is 0 Å². The maximum absolute atomic E-state index is 11.8. The zero-order chi connectivity index (χ0) is 18.0. The van der Waals surface area contributed by atoms with Gasteiger partial charge in [-0.15, -0.1) is 0 Å². The number of hydrogen-bond donors (Lipinski definition) is 0. The Kier molecular flexibility index (Phi) is 3.86. The van der Waals surface area contributed by atoms with E-state index >= 15 is 0 Å². The number of carbonyl (C=O) groups excluding carboxylic acids is 1. The van der Waals surface area contributed by atoms with Gasteiger partial charge in [-0.05, 0) is 59.5 Å². The fraction of sp³-hybridized carbons (Fsp3) is 0.773. The fourth-order valence-electron chi connectivity index (χ4n) is 6.99. The molecule has 0 radical (unpaired) electrons. The summed E-state index contributed by atoms with van der Waals surface area (Å²) < 4.78 is 11.8. The normalized spacial score (nSPS) is 42.0. The van der Waals surface area contributed by atoms with Crippen molar-refractivity contribution in [2.45, 2.75) is 78.7 Å². The van der Waals surface area contributed by atoms with Crippen LogP contribution in [0.1, 0.15) is 77.5 Å². The van der Waals surface area contributed by atoms with Gasteiger partial charge in [0.15, 0.2) is 0 Å². The van der Waals surface area contributed by atoms with Gasteiger partial charge in [0.05, 0.1) is 6.26 Å². The van der Waals surface area contributed by atoms with E-state index in [0.29, 0.717) is 34.5 Å². The van der Waals surface area contributed by atoms with Crippen LogP contribution < -0.4 is 0 Å². The molecule has 6 atom stereocenters. The molecule has 1 aromatic rings. The Bertz CT molecular complexity index is 673. The Hall–Kier alpha value is -1.25. The number of carbonyl (C=O) groups is 1. The van der Waals surface area contributed by atoms with E-state index in [4.69, 9.17) is 9.15 Å². The molecule has 1 heterocycles. The number of ether oxygens (including phenoxy) is 1. The summed E-state index contributed by atoms with van der Waals surface area (Å²) in [7, 11) is 0. The number of hydrogen-bond acceptors (Lipinski definition) is 3. The first kappa shape index (κ1) is 17.2. The highest BCUT2D eigenvalue weighted by Crippen LogP contribution is 2.65. The lowest BCUT2D eigenvalue weighted by Gasteiger charge is -2.62. The molecule has 0 aliphatic heterocycles. The van der Waals surface area contributed by atoms with E-state index in [1.165, 1.54) is 30.6 Å². The van der Waals surface area contributed by atoms with Crippen LogP contribution in [0.5, 0.6) is 0 Å². The molecule has 3 heteroatoms. The van der Waals surface area contributed by atoms with Crippen LogP contribution >= 0.6 is 0 Å². The lowest BCUT2D eigenvalue weighted by atomic mass is 9.43. The molecule has 3 aliphatic carbocycles. The van der Waals surface area contributed by atoms with Gasteiger partial charge >= 0.3 is 5.97 Å². The average molecular weight is 344 g/mol. The molecule has 2 fully saturated rings. The summed E-state index contributed by atoms with van der Waals surface area (Å²) >= 11 is 0. The molecule has 0 aromatic carbocycles. The van der Waals surface area contributed by atoms with E-state index in [0.717, 1.165) is 12.8 Å². The van der Waals surface area contributed by atoms with Crippen molar-refractivity contribution in [1.29, 1.82) is 0 Å². The van der Waals surface area contributed by atoms with E-state index in [9.17, 15) is 4.79 Å². The number of fused-ring (bicyclic) bond motifs is 4. The Labute approximate surface area is 151 Å². The summed E-state index contributed by atoms with van der Waals surface area (Å²) in [4.78, 5) is 11.8. The molecule has 0 unspecified atom stereocenters. The molecule has 0 N–H and O–H groups in total. The summed E-state index contributed by atoms with van der Waals surface area (Å²) in [6.07, 6.45) is 7.76. The van der Waals surface area contributed by atoms with Gasteiger partial charge in [0, 0.05) is 19.3 Å². The van der Waals surface area contributed by atoms with Crippen LogP contribution in [0.2, 0.25) is 0 Å². The maximum Gasteiger partial charge on any atom is 0.302 e. The van der Waals surface area contributed by atoms with E-state index in [1.807, 2.05) is 6.26 Å². The summed E-state index contributed by atoms with van der Waals surface area (Å²) in [5, 5.41) is 0. The number of esters is 1. The topological polar surface area (TPSA) is 39.4 Å². The summed E-state index contributed by atoms with van der Waals surface area (Å²) in [6, 6.07) is 2.13. The van der Waals surface area contributed by atoms with Crippen molar-refractivity contribution < 1.29 is 13.9 Å². The third kappa shape index (κ3) is 2.49. The second kappa shape index (κ2) is 5.62. The van der Waals surface area contributed by atoms with Gasteiger partial charge in [0.25, 0.3) is 0 Å². The van der Waals surface area contributed by atoms with E-state index in [2.05, 4.69) is 33.8 Å². The molecule has 0 saturated heterocycles. The summed E-state index contributed by atoms with van der Waals surface area (Å²) in [6.45, 7) is 11.2. The van der Waals surface area contributed by atoms with Crippen molar-refractivity contribution in [3.63, 3.8) is 0 Å². The van der Waals surface area contributed by atoms with E-state index in [1.54, 1.807) is 6.92 Å². The van der Waals surface area contributed by atoms with Gasteiger partial charge < -0.3 is 9.15 Å². The maximum atomic E-state index is 11.8. The predicted molar refractivity (Wildman–Crippen MR) is 97.2 cm³/mol. The first-order valence-electron chi connectivity index (χ1n) is 9.97. The van der Waals surface area contributed by atoms with Crippen LogP contribution in [0.4, 0.5) is 0 Å². The molecular formula is C22H32O3. The van der Waals surface area contributed by atoms with Crippen molar-refractivity contribution in [3.05, 3.63) is 23.7 Å². The molecule has 3 nitrogen and oxygen atoms in total. The Morgan fingerprint density at radius 3 is 2.76 bits per heavy atom. The van der Waals surface area contributed by atoms with Crippen molar-refractivity contribution in [2.24, 2.45) is 28.6 Å². The highest BCUT2D eigenvalue weighted by Gasteiger charge is 2.60. The third-order valence-electron chi connectivity index (χ3n) is 8.06. The van der Waals surface area contributed by atoms with Gasteiger partial charge in [-0.1, -0.05) is 34.1 Å². The lowest BCUT2D eigenvalue weighted by Crippen LogP contribution is -2.59. The molecule has 0 bridgehead atoms. The Morgan fingerprint density at radius 2 is 2.04 bits per heavy atom. The van der Waals surface area contributed by atoms with Gasteiger partial charge in [-0.25, -0.2) is 0 Å². The molecule has 1 aromatic heterocycles. The largest absolute Gasteiger partial charge is 0.469 e. The van der Waals surface area contributed by atoms with Gasteiger partial charge in [0.1, 0.15) is 11.9 Å². The van der Waals surface area contributed by atoms with Crippen LogP contribution in [-0.2, 0) is 16.0 Å². The first-order chi connectivity index (χ1) is 11.7. The van der Waals surface area contributed by atoms with Crippen LogP contribution in [0.25, 0.3) is 0 Å². The smallest absolute Gasteiger partial charge is 0.302 e. The summed E-state index contributed by atoms with van der Waals surface area (Å²) in [5.41, 5.74) is 1.95. The van der Waals surface area contributed by atoms with Crippen molar-refractivity contribution in [1.82, 2.24) is 0 Å². The minimum Gasteiger partial charge on any atom is -0.469 e.